The molecular weight excluding hydrogens is 173 g/mol. The Morgan fingerprint density at radius 2 is 2.00 bits per heavy atom. The zero-order chi connectivity index (χ0) is 9.61. The monoisotopic (exact) mass is 193 g/mol. The van der Waals surface area contributed by atoms with Crippen molar-refractivity contribution in [2.24, 2.45) is 5.50 Å². The van der Waals surface area contributed by atoms with Crippen molar-refractivity contribution in [1.29, 1.82) is 0 Å². The van der Waals surface area contributed by atoms with E-state index in [9.17, 15) is 4.57 Å². The minimum atomic E-state index is -2.73. The highest BCUT2D eigenvalue weighted by Gasteiger charge is 2.19. The molecule has 3 N–H and O–H groups in total. The predicted molar refractivity (Wildman–Crippen MR) is 53.0 cm³/mol. The molecular formula is C7H20N3OP. The van der Waals surface area contributed by atoms with Gasteiger partial charge in [0.05, 0.1) is 0 Å². The highest BCUT2D eigenvalue weighted by Crippen LogP contribution is 2.34. The zero-order valence-electron chi connectivity index (χ0n) is 8.21. The number of hydrogen-bond donors (Lipinski definition) is 2. The van der Waals surface area contributed by atoms with Gasteiger partial charge in [-0.25, -0.2) is 9.76 Å². The molecule has 0 aliphatic rings. The van der Waals surface area contributed by atoms with Crippen molar-refractivity contribution in [2.45, 2.75) is 26.7 Å². The van der Waals surface area contributed by atoms with Crippen LogP contribution in [0.3, 0.4) is 0 Å². The third kappa shape index (κ3) is 4.21. The van der Waals surface area contributed by atoms with E-state index < -0.39 is 7.59 Å². The van der Waals surface area contributed by atoms with Gasteiger partial charge in [-0.2, -0.15) is 0 Å². The van der Waals surface area contributed by atoms with E-state index in [0.717, 1.165) is 19.4 Å². The summed E-state index contributed by atoms with van der Waals surface area (Å²) in [6, 6.07) is 0. The highest BCUT2D eigenvalue weighted by molar-refractivity contribution is 7.56. The Bertz CT molecular complexity index is 163. The van der Waals surface area contributed by atoms with Crippen molar-refractivity contribution in [3.05, 3.63) is 0 Å². The van der Waals surface area contributed by atoms with Gasteiger partial charge >= 0.3 is 0 Å². The second-order valence-electron chi connectivity index (χ2n) is 2.91. The first-order chi connectivity index (χ1) is 5.54. The molecule has 0 aliphatic carbocycles. The van der Waals surface area contributed by atoms with Gasteiger partial charge in [0.2, 0.25) is 0 Å². The average molecular weight is 193 g/mol. The largest absolute Gasteiger partial charge is 0.278 e. The average Bonchev–Trinajstić information content (AvgIpc) is 2.01. The van der Waals surface area contributed by atoms with Gasteiger partial charge in [0, 0.05) is 13.1 Å². The second kappa shape index (κ2) is 5.70. The summed E-state index contributed by atoms with van der Waals surface area (Å²) in [5, 5.41) is 2.85. The Labute approximate surface area is 75.0 Å². The van der Waals surface area contributed by atoms with E-state index in [4.69, 9.17) is 5.50 Å². The summed E-state index contributed by atoms with van der Waals surface area (Å²) in [5.41, 5.74) is 5.60. The van der Waals surface area contributed by atoms with Crippen LogP contribution in [0.5, 0.6) is 0 Å². The van der Waals surface area contributed by atoms with Crippen LogP contribution in [-0.2, 0) is 4.57 Å². The topological polar surface area (TPSA) is 58.4 Å². The van der Waals surface area contributed by atoms with Crippen molar-refractivity contribution in [1.82, 2.24) is 9.76 Å². The molecule has 0 aromatic heterocycles. The fourth-order valence-electron chi connectivity index (χ4n) is 0.865. The van der Waals surface area contributed by atoms with Crippen LogP contribution >= 0.6 is 7.59 Å². The number of nitrogens with zero attached hydrogens (tertiary/aromatic N) is 1. The quantitative estimate of drug-likeness (QED) is 0.626. The maximum atomic E-state index is 11.7. The first kappa shape index (κ1) is 12.1. The molecule has 0 aliphatic heterocycles. The number of nitrogens with one attached hydrogen (secondary N) is 1. The molecule has 0 heterocycles. The molecule has 0 radical (unpaired) electrons. The Morgan fingerprint density at radius 3 is 2.42 bits per heavy atom. The lowest BCUT2D eigenvalue weighted by molar-refractivity contribution is 0.454. The van der Waals surface area contributed by atoms with Crippen LogP contribution in [0.25, 0.3) is 0 Å². The van der Waals surface area contributed by atoms with Gasteiger partial charge in [0.15, 0.2) is 0 Å². The molecule has 74 valence electrons. The second-order valence-corrected chi connectivity index (χ2v) is 5.16. The third-order valence-electron chi connectivity index (χ3n) is 1.64. The lowest BCUT2D eigenvalue weighted by Crippen LogP contribution is -2.30. The van der Waals surface area contributed by atoms with Gasteiger partial charge in [-0.1, -0.05) is 13.8 Å². The summed E-state index contributed by atoms with van der Waals surface area (Å²) < 4.78 is 13.4. The molecule has 4 nitrogen and oxygen atoms in total. The van der Waals surface area contributed by atoms with Crippen LogP contribution in [0.2, 0.25) is 0 Å². The maximum Gasteiger partial charge on any atom is 0.278 e. The molecule has 0 rings (SSSR count). The Morgan fingerprint density at radius 1 is 1.42 bits per heavy atom. The summed E-state index contributed by atoms with van der Waals surface area (Å²) >= 11 is 0. The molecule has 1 unspecified atom stereocenters. The number of hydrogen-bond acceptors (Lipinski definition) is 1. The van der Waals surface area contributed by atoms with E-state index in [2.05, 4.69) is 5.09 Å². The fraction of sp³-hybridized carbons (Fsp3) is 1.00. The van der Waals surface area contributed by atoms with Gasteiger partial charge in [-0.15, -0.1) is 0 Å². The van der Waals surface area contributed by atoms with E-state index in [1.165, 1.54) is 0 Å². The molecule has 0 amide bonds. The molecule has 0 saturated heterocycles. The summed E-state index contributed by atoms with van der Waals surface area (Å²) in [4.78, 5) is 0. The van der Waals surface area contributed by atoms with E-state index in [0.29, 0.717) is 6.54 Å². The standard InChI is InChI=1S/C7H20N3OP/c1-4-6-9-12(8,11)10(3)7-5-2/h4-7H2,1-3H3,(H3,8,9,11). The van der Waals surface area contributed by atoms with Crippen LogP contribution in [-0.4, -0.2) is 24.8 Å². The van der Waals surface area contributed by atoms with Crippen LogP contribution in [0, 0.1) is 0 Å². The maximum absolute atomic E-state index is 11.7. The molecule has 0 bridgehead atoms. The van der Waals surface area contributed by atoms with E-state index >= 15 is 0 Å². The van der Waals surface area contributed by atoms with E-state index in [1.807, 2.05) is 13.8 Å². The molecule has 0 aromatic rings. The predicted octanol–water partition coefficient (Wildman–Crippen LogP) is 1.39. The van der Waals surface area contributed by atoms with Crippen molar-refractivity contribution in [3.8, 4) is 0 Å². The summed E-state index contributed by atoms with van der Waals surface area (Å²) in [6.45, 7) is 5.54. The van der Waals surface area contributed by atoms with Gasteiger partial charge in [-0.3, -0.25) is 10.1 Å². The minimum absolute atomic E-state index is 0.710. The first-order valence-electron chi connectivity index (χ1n) is 4.40. The van der Waals surface area contributed by atoms with Gasteiger partial charge in [-0.05, 0) is 19.9 Å². The van der Waals surface area contributed by atoms with E-state index in [1.54, 1.807) is 11.7 Å². The van der Waals surface area contributed by atoms with E-state index in [-0.39, 0.29) is 0 Å². The van der Waals surface area contributed by atoms with Crippen LogP contribution in [0.15, 0.2) is 0 Å². The number of nitrogens with two attached hydrogens (primary N) is 1. The lowest BCUT2D eigenvalue weighted by atomic mass is 10.5. The molecule has 0 fully saturated rings. The Hall–Kier alpha value is 0.110. The highest BCUT2D eigenvalue weighted by atomic mass is 31.2. The normalized spacial score (nSPS) is 16.4. The van der Waals surface area contributed by atoms with Gasteiger partial charge in [0.1, 0.15) is 0 Å². The molecule has 12 heavy (non-hydrogen) atoms. The zero-order valence-corrected chi connectivity index (χ0v) is 9.10. The van der Waals surface area contributed by atoms with Crippen molar-refractivity contribution in [2.75, 3.05) is 20.1 Å². The number of rotatable bonds is 6. The molecule has 0 saturated carbocycles. The summed E-state index contributed by atoms with van der Waals surface area (Å²) in [5.74, 6) is 0. The molecule has 5 heteroatoms. The molecule has 1 atom stereocenters. The summed E-state index contributed by atoms with van der Waals surface area (Å²) in [7, 11) is -0.949. The fourth-order valence-corrected chi connectivity index (χ4v) is 2.15. The smallest absolute Gasteiger partial charge is 0.271 e. The van der Waals surface area contributed by atoms with Gasteiger partial charge < -0.3 is 0 Å². The first-order valence-corrected chi connectivity index (χ1v) is 6.12. The van der Waals surface area contributed by atoms with Crippen LogP contribution in [0.4, 0.5) is 0 Å². The Balaban J connectivity index is 3.91. The van der Waals surface area contributed by atoms with Crippen LogP contribution in [0.1, 0.15) is 26.7 Å². The van der Waals surface area contributed by atoms with Crippen LogP contribution < -0.4 is 10.6 Å². The minimum Gasteiger partial charge on any atom is -0.271 e. The third-order valence-corrected chi connectivity index (χ3v) is 3.53. The lowest BCUT2D eigenvalue weighted by Gasteiger charge is -2.24. The summed E-state index contributed by atoms with van der Waals surface area (Å²) in [6.07, 6.45) is 1.91. The van der Waals surface area contributed by atoms with Crippen molar-refractivity contribution < 1.29 is 4.57 Å². The molecule has 0 aromatic carbocycles. The SMILES string of the molecule is CCCNP(N)(=O)N(C)CCC. The Kier molecular flexibility index (Phi) is 5.76. The van der Waals surface area contributed by atoms with Crippen molar-refractivity contribution >= 4 is 7.59 Å². The van der Waals surface area contributed by atoms with Crippen molar-refractivity contribution in [3.63, 3.8) is 0 Å². The van der Waals surface area contributed by atoms with Gasteiger partial charge in [0.25, 0.3) is 7.59 Å². The molecule has 0 spiro atoms.